The lowest BCUT2D eigenvalue weighted by Crippen LogP contribution is -2.01. The SMILES string of the molecule is c1ccc(-c2nc(-c3ccc4c(c3)oc3ccc5ccc(-n6c7cc8ccccc8cc7c7c8ccccc8ccc76)cc5c34)nc(-c3ccccc3-c3ccccc3)n2)cc1. The first-order valence-corrected chi connectivity index (χ1v) is 20.9. The van der Waals surface area contributed by atoms with E-state index in [0.29, 0.717) is 17.5 Å². The van der Waals surface area contributed by atoms with Gasteiger partial charge in [0, 0.05) is 43.9 Å². The monoisotopic (exact) mass is 790 g/mol. The third-order valence-corrected chi connectivity index (χ3v) is 12.4. The zero-order valence-electron chi connectivity index (χ0n) is 33.3. The van der Waals surface area contributed by atoms with Gasteiger partial charge in [-0.1, -0.05) is 158 Å². The van der Waals surface area contributed by atoms with Crippen LogP contribution in [0.15, 0.2) is 211 Å². The van der Waals surface area contributed by atoms with Crippen LogP contribution in [0.25, 0.3) is 127 Å². The fraction of sp³-hybridized carbons (Fsp3) is 0. The number of aromatic nitrogens is 4. The Labute approximate surface area is 355 Å². The summed E-state index contributed by atoms with van der Waals surface area (Å²) >= 11 is 0. The highest BCUT2D eigenvalue weighted by Crippen LogP contribution is 2.42. The van der Waals surface area contributed by atoms with Crippen molar-refractivity contribution in [3.63, 3.8) is 0 Å². The van der Waals surface area contributed by atoms with Crippen molar-refractivity contribution in [2.24, 2.45) is 0 Å². The van der Waals surface area contributed by atoms with Crippen LogP contribution in [0.4, 0.5) is 0 Å². The van der Waals surface area contributed by atoms with Gasteiger partial charge < -0.3 is 8.98 Å². The normalized spacial score (nSPS) is 11.9. The number of hydrogen-bond acceptors (Lipinski definition) is 4. The van der Waals surface area contributed by atoms with Crippen LogP contribution in [0.5, 0.6) is 0 Å². The maximum atomic E-state index is 6.72. The van der Waals surface area contributed by atoms with Crippen molar-refractivity contribution in [2.75, 3.05) is 0 Å². The molecule has 288 valence electrons. The predicted octanol–water partition coefficient (Wildman–Crippen LogP) is 15.0. The smallest absolute Gasteiger partial charge is 0.164 e. The van der Waals surface area contributed by atoms with E-state index in [0.717, 1.165) is 66.2 Å². The summed E-state index contributed by atoms with van der Waals surface area (Å²) in [5.41, 5.74) is 9.95. The Kier molecular flexibility index (Phi) is 7.54. The van der Waals surface area contributed by atoms with E-state index in [2.05, 4.69) is 168 Å². The Morgan fingerprint density at radius 2 is 0.952 bits per heavy atom. The first-order valence-electron chi connectivity index (χ1n) is 20.9. The number of fused-ring (bicyclic) bond motifs is 11. The molecule has 62 heavy (non-hydrogen) atoms. The van der Waals surface area contributed by atoms with Crippen molar-refractivity contribution in [1.82, 2.24) is 19.5 Å². The number of furan rings is 1. The second-order valence-corrected chi connectivity index (χ2v) is 16.0. The van der Waals surface area contributed by atoms with Gasteiger partial charge in [-0.05, 0) is 92.0 Å². The Hall–Kier alpha value is -8.41. The summed E-state index contributed by atoms with van der Waals surface area (Å²) in [6.45, 7) is 0. The summed E-state index contributed by atoms with van der Waals surface area (Å²) in [6, 6.07) is 72.8. The van der Waals surface area contributed by atoms with Crippen LogP contribution < -0.4 is 0 Å². The van der Waals surface area contributed by atoms with Crippen LogP contribution in [0.1, 0.15) is 0 Å². The first kappa shape index (κ1) is 34.5. The van der Waals surface area contributed by atoms with E-state index in [1.807, 2.05) is 42.5 Å². The number of benzene rings is 10. The largest absolute Gasteiger partial charge is 0.456 e. The van der Waals surface area contributed by atoms with Gasteiger partial charge >= 0.3 is 0 Å². The molecule has 0 aliphatic rings. The lowest BCUT2D eigenvalue weighted by Gasteiger charge is -2.12. The van der Waals surface area contributed by atoms with Gasteiger partial charge in [0.1, 0.15) is 11.2 Å². The maximum Gasteiger partial charge on any atom is 0.164 e. The molecule has 0 atom stereocenters. The van der Waals surface area contributed by atoms with Crippen molar-refractivity contribution >= 4 is 76.1 Å². The van der Waals surface area contributed by atoms with E-state index in [9.17, 15) is 0 Å². The van der Waals surface area contributed by atoms with Gasteiger partial charge in [0.15, 0.2) is 17.5 Å². The maximum absolute atomic E-state index is 6.72. The second kappa shape index (κ2) is 13.6. The summed E-state index contributed by atoms with van der Waals surface area (Å²) in [6.07, 6.45) is 0. The highest BCUT2D eigenvalue weighted by atomic mass is 16.3. The van der Waals surface area contributed by atoms with E-state index in [1.165, 1.54) is 43.4 Å². The van der Waals surface area contributed by atoms with E-state index >= 15 is 0 Å². The minimum absolute atomic E-state index is 0.581. The van der Waals surface area contributed by atoms with E-state index < -0.39 is 0 Å². The van der Waals surface area contributed by atoms with Gasteiger partial charge in [0.05, 0.1) is 11.0 Å². The standard InChI is InChI=1S/C57H34N4O/c1-3-13-35(14-4-1)43-20-11-12-22-45(43)57-59-55(38-16-5-2-6-17-38)58-56(60-57)41-24-28-46-52(33-41)62-51-30-26-37-23-27-42(34-47(37)54(46)51)61-49-29-25-36-15-9-10-21-44(36)53(49)48-31-39-18-7-8-19-40(39)32-50(48)61/h1-34H. The predicted molar refractivity (Wildman–Crippen MR) is 256 cm³/mol. The highest BCUT2D eigenvalue weighted by Gasteiger charge is 2.20. The van der Waals surface area contributed by atoms with Crippen molar-refractivity contribution in [2.45, 2.75) is 0 Å². The van der Waals surface area contributed by atoms with E-state index in [1.54, 1.807) is 0 Å². The fourth-order valence-electron chi connectivity index (χ4n) is 9.50. The van der Waals surface area contributed by atoms with Gasteiger partial charge in [0.25, 0.3) is 0 Å². The van der Waals surface area contributed by atoms with Crippen LogP contribution in [-0.4, -0.2) is 19.5 Å². The molecule has 13 rings (SSSR count). The Bertz CT molecular complexity index is 3920. The molecule has 5 heteroatoms. The van der Waals surface area contributed by atoms with E-state index in [-0.39, 0.29) is 0 Å². The minimum atomic E-state index is 0.581. The van der Waals surface area contributed by atoms with Gasteiger partial charge in [-0.15, -0.1) is 0 Å². The molecule has 5 nitrogen and oxygen atoms in total. The summed E-state index contributed by atoms with van der Waals surface area (Å²) in [5.74, 6) is 1.81. The van der Waals surface area contributed by atoms with Gasteiger partial charge in [0.2, 0.25) is 0 Å². The quantitative estimate of drug-likeness (QED) is 0.174. The first-order chi connectivity index (χ1) is 30.7. The van der Waals surface area contributed by atoms with Crippen LogP contribution >= 0.6 is 0 Å². The van der Waals surface area contributed by atoms with Gasteiger partial charge in [-0.25, -0.2) is 15.0 Å². The fourth-order valence-corrected chi connectivity index (χ4v) is 9.50. The summed E-state index contributed by atoms with van der Waals surface area (Å²) in [7, 11) is 0. The third-order valence-electron chi connectivity index (χ3n) is 12.4. The van der Waals surface area contributed by atoms with Crippen LogP contribution in [0.3, 0.4) is 0 Å². The lowest BCUT2D eigenvalue weighted by atomic mass is 9.99. The molecule has 0 unspecified atom stereocenters. The second-order valence-electron chi connectivity index (χ2n) is 16.0. The summed E-state index contributed by atoms with van der Waals surface area (Å²) < 4.78 is 9.15. The molecule has 0 saturated carbocycles. The molecule has 0 aliphatic carbocycles. The van der Waals surface area contributed by atoms with Crippen molar-refractivity contribution in [3.8, 4) is 51.0 Å². The molecule has 0 amide bonds. The van der Waals surface area contributed by atoms with Crippen LogP contribution in [-0.2, 0) is 0 Å². The molecular weight excluding hydrogens is 757 g/mol. The molecule has 0 aliphatic heterocycles. The zero-order valence-corrected chi connectivity index (χ0v) is 33.3. The Morgan fingerprint density at radius 1 is 0.323 bits per heavy atom. The Balaban J connectivity index is 0.998. The minimum Gasteiger partial charge on any atom is -0.456 e. The number of nitrogens with zero attached hydrogens (tertiary/aromatic N) is 4. The zero-order chi connectivity index (χ0) is 40.7. The van der Waals surface area contributed by atoms with Crippen molar-refractivity contribution in [3.05, 3.63) is 206 Å². The molecule has 3 heterocycles. The molecule has 0 bridgehead atoms. The topological polar surface area (TPSA) is 56.7 Å². The molecule has 0 N–H and O–H groups in total. The van der Waals surface area contributed by atoms with Crippen LogP contribution in [0.2, 0.25) is 0 Å². The molecule has 0 fully saturated rings. The highest BCUT2D eigenvalue weighted by molar-refractivity contribution is 6.24. The molecule has 0 spiro atoms. The number of hydrogen-bond donors (Lipinski definition) is 0. The van der Waals surface area contributed by atoms with Gasteiger partial charge in [-0.2, -0.15) is 0 Å². The summed E-state index contributed by atoms with van der Waals surface area (Å²) in [4.78, 5) is 15.3. The van der Waals surface area contributed by atoms with Gasteiger partial charge in [-0.3, -0.25) is 0 Å². The molecule has 3 aromatic heterocycles. The summed E-state index contributed by atoms with van der Waals surface area (Å²) in [5, 5.41) is 11.9. The molecule has 13 aromatic rings. The lowest BCUT2D eigenvalue weighted by molar-refractivity contribution is 0.669. The van der Waals surface area contributed by atoms with E-state index in [4.69, 9.17) is 19.4 Å². The number of rotatable bonds is 5. The average Bonchev–Trinajstić information content (AvgIpc) is 3.89. The molecule has 0 saturated heterocycles. The van der Waals surface area contributed by atoms with Crippen molar-refractivity contribution in [1.29, 1.82) is 0 Å². The molecule has 10 aromatic carbocycles. The molecule has 0 radical (unpaired) electrons. The third kappa shape index (κ3) is 5.38. The molecular formula is C57H34N4O. The Morgan fingerprint density at radius 3 is 1.77 bits per heavy atom. The van der Waals surface area contributed by atoms with Crippen LogP contribution in [0, 0.1) is 0 Å². The van der Waals surface area contributed by atoms with Crippen molar-refractivity contribution < 1.29 is 4.42 Å². The average molecular weight is 791 g/mol.